The molecule has 0 aromatic heterocycles. The average Bonchev–Trinajstić information content (AvgIpc) is 2.41. The van der Waals surface area contributed by atoms with Gasteiger partial charge in [-0.05, 0) is 24.3 Å². The highest BCUT2D eigenvalue weighted by Crippen LogP contribution is 2.35. The first-order valence-electron chi connectivity index (χ1n) is 5.72. The van der Waals surface area contributed by atoms with Crippen LogP contribution in [0.1, 0.15) is 15.9 Å². The maximum absolute atomic E-state index is 12.8. The lowest BCUT2D eigenvalue weighted by molar-refractivity contribution is -0.136. The summed E-state index contributed by atoms with van der Waals surface area (Å²) in [5.41, 5.74) is -1.27. The van der Waals surface area contributed by atoms with Gasteiger partial charge in [-0.3, -0.25) is 4.79 Å². The summed E-state index contributed by atoms with van der Waals surface area (Å²) in [7, 11) is 0. The van der Waals surface area contributed by atoms with E-state index in [-0.39, 0.29) is 21.3 Å². The minimum Gasteiger partial charge on any atom is -0.321 e. The molecule has 0 heterocycles. The van der Waals surface area contributed by atoms with Crippen molar-refractivity contribution in [3.8, 4) is 0 Å². The van der Waals surface area contributed by atoms with Gasteiger partial charge in [-0.1, -0.05) is 41.4 Å². The quantitative estimate of drug-likeness (QED) is 0.797. The lowest BCUT2D eigenvalue weighted by atomic mass is 10.1. The van der Waals surface area contributed by atoms with Crippen LogP contribution >= 0.6 is 23.2 Å². The molecule has 110 valence electrons. The number of halogens is 5. The molecule has 7 heteroatoms. The van der Waals surface area contributed by atoms with Crippen LogP contribution in [-0.2, 0) is 6.18 Å². The van der Waals surface area contributed by atoms with Crippen molar-refractivity contribution in [3.63, 3.8) is 0 Å². The lowest BCUT2D eigenvalue weighted by Gasteiger charge is -2.14. The number of carbonyl (C=O) groups excluding carboxylic acids is 1. The van der Waals surface area contributed by atoms with E-state index < -0.39 is 17.6 Å². The molecule has 0 spiro atoms. The van der Waals surface area contributed by atoms with Crippen LogP contribution in [0.25, 0.3) is 0 Å². The number of anilines is 1. The van der Waals surface area contributed by atoms with E-state index in [1.54, 1.807) is 0 Å². The Morgan fingerprint density at radius 3 is 2.33 bits per heavy atom. The van der Waals surface area contributed by atoms with Gasteiger partial charge in [0.15, 0.2) is 0 Å². The zero-order chi connectivity index (χ0) is 15.6. The fourth-order valence-electron chi connectivity index (χ4n) is 1.71. The second-order valence-corrected chi connectivity index (χ2v) is 4.88. The number of nitrogens with one attached hydrogen (secondary N) is 1. The monoisotopic (exact) mass is 333 g/mol. The molecule has 2 aromatic carbocycles. The zero-order valence-corrected chi connectivity index (χ0v) is 11.9. The van der Waals surface area contributed by atoms with E-state index in [1.165, 1.54) is 36.4 Å². The van der Waals surface area contributed by atoms with Gasteiger partial charge in [0.25, 0.3) is 5.91 Å². The summed E-state index contributed by atoms with van der Waals surface area (Å²) < 4.78 is 38.5. The van der Waals surface area contributed by atoms with Gasteiger partial charge in [0.05, 0.1) is 26.9 Å². The second-order valence-electron chi connectivity index (χ2n) is 4.10. The zero-order valence-electron chi connectivity index (χ0n) is 10.3. The SMILES string of the molecule is O=C(Nc1ccccc1C(F)(F)F)c1cccc(Cl)c1Cl. The van der Waals surface area contributed by atoms with Gasteiger partial charge in [0, 0.05) is 0 Å². The third kappa shape index (κ3) is 3.49. The molecule has 0 aliphatic carbocycles. The van der Waals surface area contributed by atoms with E-state index in [0.717, 1.165) is 6.07 Å². The maximum atomic E-state index is 12.8. The Morgan fingerprint density at radius 1 is 1.00 bits per heavy atom. The fourth-order valence-corrected chi connectivity index (χ4v) is 2.09. The summed E-state index contributed by atoms with van der Waals surface area (Å²) in [6.07, 6.45) is -4.57. The number of para-hydroxylation sites is 1. The number of rotatable bonds is 2. The molecule has 2 nitrogen and oxygen atoms in total. The Labute approximate surface area is 128 Å². The van der Waals surface area contributed by atoms with Crippen LogP contribution in [0, 0.1) is 0 Å². The second kappa shape index (κ2) is 5.95. The van der Waals surface area contributed by atoms with Gasteiger partial charge >= 0.3 is 6.18 Å². The first-order chi connectivity index (χ1) is 9.80. The van der Waals surface area contributed by atoms with Crippen molar-refractivity contribution < 1.29 is 18.0 Å². The van der Waals surface area contributed by atoms with Crippen LogP contribution in [0.3, 0.4) is 0 Å². The van der Waals surface area contributed by atoms with Crippen molar-refractivity contribution in [3.05, 3.63) is 63.6 Å². The molecule has 0 atom stereocenters. The number of carbonyl (C=O) groups is 1. The highest BCUT2D eigenvalue weighted by atomic mass is 35.5. The summed E-state index contributed by atoms with van der Waals surface area (Å²) in [6, 6.07) is 9.02. The summed E-state index contributed by atoms with van der Waals surface area (Å²) in [4.78, 5) is 12.0. The molecule has 0 bridgehead atoms. The standard InChI is InChI=1S/C14H8Cl2F3NO/c15-10-6-3-4-8(12(10)16)13(21)20-11-7-2-1-5-9(11)14(17,18)19/h1-7H,(H,20,21). The molecule has 1 N–H and O–H groups in total. The van der Waals surface area contributed by atoms with Crippen LogP contribution in [0.2, 0.25) is 10.0 Å². The Bertz CT molecular complexity index is 686. The third-order valence-electron chi connectivity index (χ3n) is 2.68. The van der Waals surface area contributed by atoms with Gasteiger partial charge in [0.2, 0.25) is 0 Å². The van der Waals surface area contributed by atoms with E-state index in [0.29, 0.717) is 0 Å². The van der Waals surface area contributed by atoms with E-state index in [4.69, 9.17) is 23.2 Å². The van der Waals surface area contributed by atoms with Crippen LogP contribution in [-0.4, -0.2) is 5.91 Å². The summed E-state index contributed by atoms with van der Waals surface area (Å²) in [5, 5.41) is 2.33. The summed E-state index contributed by atoms with van der Waals surface area (Å²) >= 11 is 11.6. The number of benzene rings is 2. The fraction of sp³-hybridized carbons (Fsp3) is 0.0714. The van der Waals surface area contributed by atoms with Crippen molar-refractivity contribution >= 4 is 34.8 Å². The molecule has 0 radical (unpaired) electrons. The van der Waals surface area contributed by atoms with Crippen molar-refractivity contribution in [2.24, 2.45) is 0 Å². The van der Waals surface area contributed by atoms with E-state index in [1.807, 2.05) is 0 Å². The largest absolute Gasteiger partial charge is 0.418 e. The maximum Gasteiger partial charge on any atom is 0.418 e. The van der Waals surface area contributed by atoms with Gasteiger partial charge in [-0.15, -0.1) is 0 Å². The first-order valence-corrected chi connectivity index (χ1v) is 6.48. The predicted molar refractivity (Wildman–Crippen MR) is 75.9 cm³/mol. The molecule has 21 heavy (non-hydrogen) atoms. The van der Waals surface area contributed by atoms with Crippen LogP contribution in [0.5, 0.6) is 0 Å². The predicted octanol–water partition coefficient (Wildman–Crippen LogP) is 5.26. The van der Waals surface area contributed by atoms with Gasteiger partial charge in [-0.2, -0.15) is 13.2 Å². The van der Waals surface area contributed by atoms with E-state index in [2.05, 4.69) is 5.32 Å². The third-order valence-corrected chi connectivity index (χ3v) is 3.50. The molecule has 0 saturated heterocycles. The van der Waals surface area contributed by atoms with Gasteiger partial charge < -0.3 is 5.32 Å². The van der Waals surface area contributed by atoms with Crippen molar-refractivity contribution in [1.29, 1.82) is 0 Å². The molecule has 0 aliphatic rings. The molecule has 0 fully saturated rings. The molecular formula is C14H8Cl2F3NO. The Hall–Kier alpha value is -1.72. The Balaban J connectivity index is 2.35. The molecule has 1 amide bonds. The minimum absolute atomic E-state index is 0.00106. The Kier molecular flexibility index (Phi) is 4.44. The highest BCUT2D eigenvalue weighted by Gasteiger charge is 2.33. The molecular weight excluding hydrogens is 326 g/mol. The van der Waals surface area contributed by atoms with Gasteiger partial charge in [-0.25, -0.2) is 0 Å². The molecule has 2 aromatic rings. The molecule has 0 saturated carbocycles. The summed E-state index contributed by atoms with van der Waals surface area (Å²) in [6.45, 7) is 0. The van der Waals surface area contributed by atoms with E-state index in [9.17, 15) is 18.0 Å². The first kappa shape index (κ1) is 15.7. The molecule has 2 rings (SSSR count). The van der Waals surface area contributed by atoms with Crippen molar-refractivity contribution in [2.45, 2.75) is 6.18 Å². The molecule has 0 aliphatic heterocycles. The van der Waals surface area contributed by atoms with Crippen molar-refractivity contribution in [2.75, 3.05) is 5.32 Å². The van der Waals surface area contributed by atoms with Gasteiger partial charge in [0.1, 0.15) is 0 Å². The minimum atomic E-state index is -4.57. The summed E-state index contributed by atoms with van der Waals surface area (Å²) in [5.74, 6) is -0.765. The smallest absolute Gasteiger partial charge is 0.321 e. The van der Waals surface area contributed by atoms with Crippen LogP contribution in [0.15, 0.2) is 42.5 Å². The average molecular weight is 334 g/mol. The lowest BCUT2D eigenvalue weighted by Crippen LogP contribution is -2.17. The van der Waals surface area contributed by atoms with E-state index >= 15 is 0 Å². The van der Waals surface area contributed by atoms with Crippen LogP contribution < -0.4 is 5.32 Å². The Morgan fingerprint density at radius 2 is 1.67 bits per heavy atom. The molecule has 0 unspecified atom stereocenters. The number of hydrogen-bond acceptors (Lipinski definition) is 1. The number of alkyl halides is 3. The number of hydrogen-bond donors (Lipinski definition) is 1. The van der Waals surface area contributed by atoms with Crippen LogP contribution in [0.4, 0.5) is 18.9 Å². The highest BCUT2D eigenvalue weighted by molar-refractivity contribution is 6.44. The van der Waals surface area contributed by atoms with Crippen molar-refractivity contribution in [1.82, 2.24) is 0 Å². The number of amides is 1. The normalized spacial score (nSPS) is 11.3. The topological polar surface area (TPSA) is 29.1 Å².